The van der Waals surface area contributed by atoms with Crippen molar-refractivity contribution in [3.05, 3.63) is 60.4 Å². The van der Waals surface area contributed by atoms with Gasteiger partial charge in [-0.05, 0) is 30.3 Å². The van der Waals surface area contributed by atoms with Gasteiger partial charge in [0.25, 0.3) is 5.91 Å². The largest absolute Gasteiger partial charge is 0.451 e. The lowest BCUT2D eigenvalue weighted by Gasteiger charge is -2.11. The highest BCUT2D eigenvalue weighted by molar-refractivity contribution is 7.83. The molecule has 118 valence electrons. The molecule has 1 aromatic heterocycles. The van der Waals surface area contributed by atoms with Gasteiger partial charge < -0.3 is 9.32 Å². The van der Waals surface area contributed by atoms with Crippen LogP contribution >= 0.6 is 0 Å². The predicted octanol–water partition coefficient (Wildman–Crippen LogP) is 2.95. The Kier molecular flexibility index (Phi) is 4.16. The Bertz CT molecular complexity index is 872. The number of rotatable bonds is 4. The van der Waals surface area contributed by atoms with Crippen LogP contribution < -0.4 is 9.62 Å². The van der Waals surface area contributed by atoms with Crippen molar-refractivity contribution < 1.29 is 13.4 Å². The zero-order chi connectivity index (χ0) is 16.4. The first-order valence-corrected chi connectivity index (χ1v) is 8.18. The van der Waals surface area contributed by atoms with E-state index in [9.17, 15) is 9.00 Å². The molecule has 0 radical (unpaired) electrons. The molecular formula is C17H16N2O3S. The van der Waals surface area contributed by atoms with Crippen molar-refractivity contribution in [2.24, 2.45) is 0 Å². The first-order valence-electron chi connectivity index (χ1n) is 7.03. The van der Waals surface area contributed by atoms with Crippen LogP contribution in [0.25, 0.3) is 11.0 Å². The maximum atomic E-state index is 12.2. The standard InChI is InChI=1S/C17H16N2O3S/c1-19(2)13-9-8-12-10-16(22-15(12)11-13)17(20)18-23(21)14-6-4-3-5-7-14/h3-11H,1-2H3,(H,18,20). The number of benzene rings is 2. The van der Waals surface area contributed by atoms with Gasteiger partial charge in [-0.15, -0.1) is 0 Å². The summed E-state index contributed by atoms with van der Waals surface area (Å²) < 4.78 is 20.1. The van der Waals surface area contributed by atoms with Crippen molar-refractivity contribution in [2.75, 3.05) is 19.0 Å². The smallest absolute Gasteiger partial charge is 0.298 e. The molecule has 0 saturated carbocycles. The van der Waals surface area contributed by atoms with E-state index in [1.54, 1.807) is 30.3 Å². The van der Waals surface area contributed by atoms with Gasteiger partial charge in [-0.3, -0.25) is 9.52 Å². The van der Waals surface area contributed by atoms with E-state index in [1.807, 2.05) is 43.3 Å². The van der Waals surface area contributed by atoms with E-state index in [0.29, 0.717) is 10.5 Å². The number of fused-ring (bicyclic) bond motifs is 1. The van der Waals surface area contributed by atoms with Gasteiger partial charge in [0.2, 0.25) is 0 Å². The second-order valence-electron chi connectivity index (χ2n) is 5.24. The lowest BCUT2D eigenvalue weighted by molar-refractivity contribution is 0.0958. The number of carbonyl (C=O) groups excluding carboxylic acids is 1. The maximum Gasteiger partial charge on any atom is 0.298 e. The van der Waals surface area contributed by atoms with E-state index in [4.69, 9.17) is 4.42 Å². The molecule has 1 heterocycles. The van der Waals surface area contributed by atoms with Crippen molar-refractivity contribution in [1.29, 1.82) is 0 Å². The van der Waals surface area contributed by atoms with Crippen molar-refractivity contribution in [1.82, 2.24) is 4.72 Å². The minimum Gasteiger partial charge on any atom is -0.451 e. The Morgan fingerprint density at radius 3 is 2.52 bits per heavy atom. The van der Waals surface area contributed by atoms with Crippen LogP contribution in [0.1, 0.15) is 10.6 Å². The molecule has 23 heavy (non-hydrogen) atoms. The van der Waals surface area contributed by atoms with Crippen molar-refractivity contribution in [2.45, 2.75) is 4.90 Å². The number of carbonyl (C=O) groups is 1. The van der Waals surface area contributed by atoms with Crippen molar-refractivity contribution >= 4 is 33.5 Å². The van der Waals surface area contributed by atoms with Crippen LogP contribution in [0.15, 0.2) is 63.9 Å². The summed E-state index contributed by atoms with van der Waals surface area (Å²) in [5.74, 6) is -0.366. The molecule has 0 bridgehead atoms. The fraction of sp³-hybridized carbons (Fsp3) is 0.118. The van der Waals surface area contributed by atoms with Gasteiger partial charge in [0, 0.05) is 31.2 Å². The van der Waals surface area contributed by atoms with E-state index in [-0.39, 0.29) is 5.76 Å². The summed E-state index contributed by atoms with van der Waals surface area (Å²) in [5.41, 5.74) is 1.60. The summed E-state index contributed by atoms with van der Waals surface area (Å²) in [6.45, 7) is 0. The third-order valence-corrected chi connectivity index (χ3v) is 4.46. The molecule has 5 nitrogen and oxygen atoms in total. The first kappa shape index (κ1) is 15.3. The van der Waals surface area contributed by atoms with Crippen LogP contribution in [0, 0.1) is 0 Å². The van der Waals surface area contributed by atoms with E-state index < -0.39 is 16.9 Å². The lowest BCUT2D eigenvalue weighted by Crippen LogP contribution is -2.25. The number of amides is 1. The quantitative estimate of drug-likeness (QED) is 0.800. The minimum absolute atomic E-state index is 0.139. The van der Waals surface area contributed by atoms with Gasteiger partial charge in [0.1, 0.15) is 5.58 Å². The molecule has 0 fully saturated rings. The number of nitrogens with one attached hydrogen (secondary N) is 1. The van der Waals surface area contributed by atoms with Crippen LogP contribution in [0.2, 0.25) is 0 Å². The maximum absolute atomic E-state index is 12.2. The Balaban J connectivity index is 1.82. The molecule has 0 aliphatic carbocycles. The van der Waals surface area contributed by atoms with E-state index >= 15 is 0 Å². The highest BCUT2D eigenvalue weighted by Gasteiger charge is 2.16. The number of furan rings is 1. The molecule has 0 aliphatic heterocycles. The number of hydrogen-bond acceptors (Lipinski definition) is 4. The van der Waals surface area contributed by atoms with Gasteiger partial charge >= 0.3 is 0 Å². The average Bonchev–Trinajstić information content (AvgIpc) is 2.98. The third kappa shape index (κ3) is 3.27. The summed E-state index contributed by atoms with van der Waals surface area (Å²) in [7, 11) is 2.25. The topological polar surface area (TPSA) is 62.6 Å². The van der Waals surface area contributed by atoms with Crippen LogP contribution in [0.4, 0.5) is 5.69 Å². The fourth-order valence-electron chi connectivity index (χ4n) is 2.15. The van der Waals surface area contributed by atoms with Gasteiger partial charge in [-0.2, -0.15) is 0 Å². The summed E-state index contributed by atoms with van der Waals surface area (Å²) in [6, 6.07) is 16.1. The van der Waals surface area contributed by atoms with Crippen LogP contribution in [0.5, 0.6) is 0 Å². The van der Waals surface area contributed by atoms with Crippen LogP contribution in [-0.2, 0) is 11.0 Å². The molecule has 1 unspecified atom stereocenters. The molecule has 3 rings (SSSR count). The van der Waals surface area contributed by atoms with Gasteiger partial charge in [0.05, 0.1) is 4.90 Å². The molecule has 1 amide bonds. The molecular weight excluding hydrogens is 312 g/mol. The molecule has 0 aliphatic rings. The van der Waals surface area contributed by atoms with E-state index in [2.05, 4.69) is 4.72 Å². The summed E-state index contributed by atoms with van der Waals surface area (Å²) in [5, 5.41) is 0.825. The molecule has 1 N–H and O–H groups in total. The van der Waals surface area contributed by atoms with Gasteiger partial charge in [0.15, 0.2) is 16.7 Å². The normalized spacial score (nSPS) is 12.1. The monoisotopic (exact) mass is 328 g/mol. The molecule has 6 heteroatoms. The highest BCUT2D eigenvalue weighted by Crippen LogP contribution is 2.24. The first-order chi connectivity index (χ1) is 11.0. The third-order valence-electron chi connectivity index (χ3n) is 3.39. The Morgan fingerprint density at radius 1 is 1.09 bits per heavy atom. The summed E-state index contributed by atoms with van der Waals surface area (Å²) in [4.78, 5) is 14.7. The van der Waals surface area contributed by atoms with Crippen molar-refractivity contribution in [3.63, 3.8) is 0 Å². The number of hydrogen-bond donors (Lipinski definition) is 1. The summed E-state index contributed by atoms with van der Waals surface area (Å²) >= 11 is 0. The fourth-order valence-corrected chi connectivity index (χ4v) is 2.94. The minimum atomic E-state index is -1.62. The zero-order valence-electron chi connectivity index (χ0n) is 12.8. The second kappa shape index (κ2) is 6.26. The Morgan fingerprint density at radius 2 is 1.83 bits per heavy atom. The van der Waals surface area contributed by atoms with Crippen LogP contribution in [-0.4, -0.2) is 24.2 Å². The number of anilines is 1. The molecule has 0 saturated heterocycles. The average molecular weight is 328 g/mol. The number of nitrogens with zero attached hydrogens (tertiary/aromatic N) is 1. The lowest BCUT2D eigenvalue weighted by atomic mass is 10.2. The Hall–Kier alpha value is -2.60. The Labute approximate surface area is 136 Å². The summed E-state index contributed by atoms with van der Waals surface area (Å²) in [6.07, 6.45) is 0. The van der Waals surface area contributed by atoms with Gasteiger partial charge in [-0.1, -0.05) is 18.2 Å². The molecule has 2 aromatic carbocycles. The van der Waals surface area contributed by atoms with E-state index in [1.165, 1.54) is 0 Å². The van der Waals surface area contributed by atoms with E-state index in [0.717, 1.165) is 11.1 Å². The predicted molar refractivity (Wildman–Crippen MR) is 90.9 cm³/mol. The molecule has 3 aromatic rings. The molecule has 1 atom stereocenters. The highest BCUT2D eigenvalue weighted by atomic mass is 32.2. The SMILES string of the molecule is CN(C)c1ccc2cc(C(=O)NS(=O)c3ccccc3)oc2c1. The second-order valence-corrected chi connectivity index (χ2v) is 6.45. The van der Waals surface area contributed by atoms with Gasteiger partial charge in [-0.25, -0.2) is 4.21 Å². The zero-order valence-corrected chi connectivity index (χ0v) is 13.6. The van der Waals surface area contributed by atoms with Crippen LogP contribution in [0.3, 0.4) is 0 Å². The van der Waals surface area contributed by atoms with Crippen molar-refractivity contribution in [3.8, 4) is 0 Å². The molecule has 0 spiro atoms.